The number of sulfonamides is 1. The molecule has 1 amide bonds. The molecule has 0 aliphatic heterocycles. The predicted octanol–water partition coefficient (Wildman–Crippen LogP) is 2.35. The molecule has 3 rings (SSSR count). The molecule has 0 aliphatic carbocycles. The summed E-state index contributed by atoms with van der Waals surface area (Å²) < 4.78 is 43.6. The van der Waals surface area contributed by atoms with Crippen LogP contribution in [0.15, 0.2) is 59.1 Å². The quantitative estimate of drug-likeness (QED) is 0.631. The zero-order valence-corrected chi connectivity index (χ0v) is 16.6. The van der Waals surface area contributed by atoms with E-state index < -0.39 is 27.8 Å². The fourth-order valence-corrected chi connectivity index (χ4v) is 3.91. The molecule has 1 atom stereocenters. The number of amides is 1. The Hall–Kier alpha value is -3.27. The Morgan fingerprint density at radius 1 is 1.17 bits per heavy atom. The third-order valence-corrected chi connectivity index (χ3v) is 5.33. The van der Waals surface area contributed by atoms with Crippen molar-refractivity contribution < 1.29 is 22.1 Å². The van der Waals surface area contributed by atoms with Gasteiger partial charge in [-0.1, -0.05) is 35.5 Å². The van der Waals surface area contributed by atoms with Crippen LogP contribution in [0.2, 0.25) is 0 Å². The molecule has 152 valence electrons. The number of nitrogens with zero attached hydrogens (tertiary/aromatic N) is 3. The highest BCUT2D eigenvalue weighted by Crippen LogP contribution is 2.21. The van der Waals surface area contributed by atoms with E-state index in [1.807, 2.05) is 30.3 Å². The molecule has 0 unspecified atom stereocenters. The Kier molecular flexibility index (Phi) is 5.92. The minimum absolute atomic E-state index is 0.0654. The van der Waals surface area contributed by atoms with E-state index in [0.717, 1.165) is 28.3 Å². The molecule has 29 heavy (non-hydrogen) atoms. The lowest BCUT2D eigenvalue weighted by Crippen LogP contribution is -2.47. The standard InChI is InChI=1S/C19H19FN4O4S/c1-13(24(29(2,26)27)16-10-8-15(20)9-11-16)19(25)21-12-17-22-18(23-28-17)14-6-4-3-5-7-14/h3-11,13H,12H2,1-2H3,(H,21,25)/t13-/m1/s1. The maximum atomic E-state index is 13.2. The zero-order valence-electron chi connectivity index (χ0n) is 15.7. The monoisotopic (exact) mass is 418 g/mol. The summed E-state index contributed by atoms with van der Waals surface area (Å²) in [5.41, 5.74) is 0.947. The lowest BCUT2D eigenvalue weighted by atomic mass is 10.2. The lowest BCUT2D eigenvalue weighted by Gasteiger charge is -2.28. The number of hydrogen-bond donors (Lipinski definition) is 1. The van der Waals surface area contributed by atoms with Crippen molar-refractivity contribution in [1.29, 1.82) is 0 Å². The van der Waals surface area contributed by atoms with Gasteiger partial charge in [-0.2, -0.15) is 4.98 Å². The number of halogens is 1. The number of rotatable bonds is 7. The average Bonchev–Trinajstić information content (AvgIpc) is 3.16. The molecule has 0 bridgehead atoms. The summed E-state index contributed by atoms with van der Waals surface area (Å²) in [4.78, 5) is 16.7. The molecule has 0 fully saturated rings. The topological polar surface area (TPSA) is 105 Å². The number of nitrogens with one attached hydrogen (secondary N) is 1. The first-order chi connectivity index (χ1) is 13.8. The second-order valence-electron chi connectivity index (χ2n) is 6.31. The summed E-state index contributed by atoms with van der Waals surface area (Å²) in [5.74, 6) is -0.520. The third-order valence-electron chi connectivity index (χ3n) is 4.08. The van der Waals surface area contributed by atoms with Crippen molar-refractivity contribution in [2.45, 2.75) is 19.5 Å². The van der Waals surface area contributed by atoms with Crippen LogP contribution < -0.4 is 9.62 Å². The second kappa shape index (κ2) is 8.39. The predicted molar refractivity (Wildman–Crippen MR) is 105 cm³/mol. The number of benzene rings is 2. The normalized spacial score (nSPS) is 12.4. The maximum Gasteiger partial charge on any atom is 0.246 e. The van der Waals surface area contributed by atoms with Crippen molar-refractivity contribution in [3.8, 4) is 11.4 Å². The molecular formula is C19H19FN4O4S. The van der Waals surface area contributed by atoms with Crippen molar-refractivity contribution >= 4 is 21.6 Å². The molecule has 0 aliphatic rings. The van der Waals surface area contributed by atoms with Gasteiger partial charge in [0.2, 0.25) is 27.6 Å². The Morgan fingerprint density at radius 3 is 2.45 bits per heavy atom. The summed E-state index contributed by atoms with van der Waals surface area (Å²) in [6, 6.07) is 12.9. The Morgan fingerprint density at radius 2 is 1.83 bits per heavy atom. The minimum atomic E-state index is -3.79. The molecule has 0 radical (unpaired) electrons. The Labute approximate surface area is 167 Å². The van der Waals surface area contributed by atoms with E-state index >= 15 is 0 Å². The average molecular weight is 418 g/mol. The molecule has 0 spiro atoms. The highest BCUT2D eigenvalue weighted by molar-refractivity contribution is 7.92. The van der Waals surface area contributed by atoms with Crippen molar-refractivity contribution in [3.63, 3.8) is 0 Å². The van der Waals surface area contributed by atoms with Crippen LogP contribution in [-0.4, -0.2) is 36.8 Å². The summed E-state index contributed by atoms with van der Waals surface area (Å²) in [7, 11) is -3.79. The van der Waals surface area contributed by atoms with Crippen molar-refractivity contribution in [1.82, 2.24) is 15.5 Å². The van der Waals surface area contributed by atoms with E-state index in [-0.39, 0.29) is 18.1 Å². The van der Waals surface area contributed by atoms with Gasteiger partial charge in [0.15, 0.2) is 0 Å². The van der Waals surface area contributed by atoms with Gasteiger partial charge in [0.1, 0.15) is 11.9 Å². The van der Waals surface area contributed by atoms with Crippen molar-refractivity contribution in [3.05, 3.63) is 66.3 Å². The number of anilines is 1. The number of hydrogen-bond acceptors (Lipinski definition) is 6. The first-order valence-electron chi connectivity index (χ1n) is 8.66. The first-order valence-corrected chi connectivity index (χ1v) is 10.5. The van der Waals surface area contributed by atoms with Crippen LogP contribution in [0, 0.1) is 5.82 Å². The molecule has 0 saturated carbocycles. The highest BCUT2D eigenvalue weighted by Gasteiger charge is 2.29. The summed E-state index contributed by atoms with van der Waals surface area (Å²) in [6.07, 6.45) is 0.976. The van der Waals surface area contributed by atoms with Crippen LogP contribution in [-0.2, 0) is 21.4 Å². The number of carbonyl (C=O) groups is 1. The highest BCUT2D eigenvalue weighted by atomic mass is 32.2. The van der Waals surface area contributed by atoms with Gasteiger partial charge in [-0.25, -0.2) is 12.8 Å². The van der Waals surface area contributed by atoms with Gasteiger partial charge >= 0.3 is 0 Å². The smallest absolute Gasteiger partial charge is 0.246 e. The lowest BCUT2D eigenvalue weighted by molar-refractivity contribution is -0.122. The van der Waals surface area contributed by atoms with Crippen molar-refractivity contribution in [2.24, 2.45) is 0 Å². The number of carbonyl (C=O) groups excluding carboxylic acids is 1. The largest absolute Gasteiger partial charge is 0.345 e. The minimum Gasteiger partial charge on any atom is -0.345 e. The maximum absolute atomic E-state index is 13.2. The fraction of sp³-hybridized carbons (Fsp3) is 0.211. The molecule has 3 aromatic rings. The van der Waals surface area contributed by atoms with Gasteiger partial charge in [-0.05, 0) is 31.2 Å². The first kappa shape index (κ1) is 20.5. The molecule has 2 aromatic carbocycles. The molecule has 10 heteroatoms. The molecule has 1 N–H and O–H groups in total. The molecule has 8 nitrogen and oxygen atoms in total. The van der Waals surface area contributed by atoms with E-state index in [9.17, 15) is 17.6 Å². The molecule has 0 saturated heterocycles. The van der Waals surface area contributed by atoms with Gasteiger partial charge < -0.3 is 9.84 Å². The van der Waals surface area contributed by atoms with Crippen molar-refractivity contribution in [2.75, 3.05) is 10.6 Å². The number of aromatic nitrogens is 2. The van der Waals surface area contributed by atoms with Gasteiger partial charge in [0.05, 0.1) is 18.5 Å². The van der Waals surface area contributed by atoms with Gasteiger partial charge in [-0.3, -0.25) is 9.10 Å². The van der Waals surface area contributed by atoms with E-state index in [1.165, 1.54) is 19.1 Å². The van der Waals surface area contributed by atoms with E-state index in [1.54, 1.807) is 0 Å². The second-order valence-corrected chi connectivity index (χ2v) is 8.17. The van der Waals surface area contributed by atoms with Crippen LogP contribution in [0.25, 0.3) is 11.4 Å². The Balaban J connectivity index is 1.70. The van der Waals surface area contributed by atoms with Crippen LogP contribution in [0.1, 0.15) is 12.8 Å². The summed E-state index contributed by atoms with van der Waals surface area (Å²) in [5, 5.41) is 6.44. The van der Waals surface area contributed by atoms with E-state index in [4.69, 9.17) is 4.52 Å². The molecular weight excluding hydrogens is 399 g/mol. The Bertz CT molecular complexity index is 1080. The van der Waals surface area contributed by atoms with Gasteiger partial charge in [-0.15, -0.1) is 0 Å². The molecule has 1 heterocycles. The van der Waals surface area contributed by atoms with Crippen LogP contribution in [0.4, 0.5) is 10.1 Å². The van der Waals surface area contributed by atoms with Gasteiger partial charge in [0, 0.05) is 5.56 Å². The fourth-order valence-electron chi connectivity index (χ4n) is 2.74. The zero-order chi connectivity index (χ0) is 21.0. The summed E-state index contributed by atoms with van der Waals surface area (Å²) >= 11 is 0. The van der Waals surface area contributed by atoms with E-state index in [2.05, 4.69) is 15.5 Å². The van der Waals surface area contributed by atoms with Crippen LogP contribution >= 0.6 is 0 Å². The third kappa shape index (κ3) is 4.96. The summed E-state index contributed by atoms with van der Waals surface area (Å²) in [6.45, 7) is 1.37. The SMILES string of the molecule is C[C@H](C(=O)NCc1nc(-c2ccccc2)no1)N(c1ccc(F)cc1)S(C)(=O)=O. The molecule has 1 aromatic heterocycles. The van der Waals surface area contributed by atoms with Gasteiger partial charge in [0.25, 0.3) is 0 Å². The van der Waals surface area contributed by atoms with Crippen LogP contribution in [0.5, 0.6) is 0 Å². The van der Waals surface area contributed by atoms with Crippen LogP contribution in [0.3, 0.4) is 0 Å². The van der Waals surface area contributed by atoms with E-state index in [0.29, 0.717) is 5.82 Å².